The minimum atomic E-state index is -0.720. The lowest BCUT2D eigenvalue weighted by Gasteiger charge is -2.09. The summed E-state index contributed by atoms with van der Waals surface area (Å²) in [5.41, 5.74) is 0.438. The summed E-state index contributed by atoms with van der Waals surface area (Å²) >= 11 is 5.89. The van der Waals surface area contributed by atoms with E-state index in [2.05, 4.69) is 5.32 Å². The predicted molar refractivity (Wildman–Crippen MR) is 61.4 cm³/mol. The molecule has 0 fully saturated rings. The Morgan fingerprint density at radius 3 is 2.88 bits per heavy atom. The van der Waals surface area contributed by atoms with Gasteiger partial charge in [0.25, 0.3) is 0 Å². The van der Waals surface area contributed by atoms with Crippen molar-refractivity contribution in [2.24, 2.45) is 5.92 Å². The Kier molecular flexibility index (Phi) is 4.15. The lowest BCUT2D eigenvalue weighted by molar-refractivity contribution is -0.117. The number of rotatable bonds is 3. The number of carbonyl (C=O) groups is 1. The maximum atomic E-state index is 11.5. The number of carbonyl (C=O) groups excluding carboxylic acids is 1. The summed E-state index contributed by atoms with van der Waals surface area (Å²) in [5.74, 6) is -0.524. The molecule has 5 heteroatoms. The van der Waals surface area contributed by atoms with Gasteiger partial charge in [-0.2, -0.15) is 5.26 Å². The van der Waals surface area contributed by atoms with Crippen LogP contribution in [0.5, 0.6) is 5.75 Å². The zero-order valence-electron chi connectivity index (χ0n) is 8.95. The van der Waals surface area contributed by atoms with Gasteiger partial charge in [-0.05, 0) is 19.1 Å². The van der Waals surface area contributed by atoms with Crippen molar-refractivity contribution in [3.8, 4) is 11.8 Å². The average molecular weight is 239 g/mol. The molecule has 1 aromatic carbocycles. The molecule has 1 rings (SSSR count). The van der Waals surface area contributed by atoms with E-state index in [1.165, 1.54) is 14.0 Å². The third kappa shape index (κ3) is 2.88. The van der Waals surface area contributed by atoms with Gasteiger partial charge >= 0.3 is 0 Å². The molecule has 0 aliphatic rings. The first-order chi connectivity index (χ1) is 7.58. The van der Waals surface area contributed by atoms with E-state index in [1.807, 2.05) is 6.07 Å². The molecule has 1 N–H and O–H groups in total. The maximum absolute atomic E-state index is 11.5. The van der Waals surface area contributed by atoms with Gasteiger partial charge in [-0.3, -0.25) is 4.79 Å². The second kappa shape index (κ2) is 5.38. The SMILES string of the molecule is COc1ccc(Cl)c(NC(=O)C(C)C#N)c1. The van der Waals surface area contributed by atoms with Gasteiger partial charge in [0.2, 0.25) is 5.91 Å². The van der Waals surface area contributed by atoms with Crippen molar-refractivity contribution in [3.63, 3.8) is 0 Å². The Labute approximate surface area is 98.8 Å². The number of methoxy groups -OCH3 is 1. The Morgan fingerprint density at radius 2 is 2.31 bits per heavy atom. The lowest BCUT2D eigenvalue weighted by atomic mass is 10.2. The smallest absolute Gasteiger partial charge is 0.241 e. The first-order valence-corrected chi connectivity index (χ1v) is 5.00. The number of hydrogen-bond acceptors (Lipinski definition) is 3. The van der Waals surface area contributed by atoms with Crippen LogP contribution >= 0.6 is 11.6 Å². The Hall–Kier alpha value is -1.73. The van der Waals surface area contributed by atoms with E-state index < -0.39 is 11.8 Å². The summed E-state index contributed by atoms with van der Waals surface area (Å²) in [6.07, 6.45) is 0. The van der Waals surface area contributed by atoms with Crippen LogP contribution in [-0.2, 0) is 4.79 Å². The first-order valence-electron chi connectivity index (χ1n) is 4.62. The van der Waals surface area contributed by atoms with Crippen molar-refractivity contribution in [1.29, 1.82) is 5.26 Å². The van der Waals surface area contributed by atoms with Crippen LogP contribution in [0.3, 0.4) is 0 Å². The van der Waals surface area contributed by atoms with E-state index >= 15 is 0 Å². The van der Waals surface area contributed by atoms with E-state index in [0.717, 1.165) is 0 Å². The Morgan fingerprint density at radius 1 is 1.62 bits per heavy atom. The van der Waals surface area contributed by atoms with E-state index in [0.29, 0.717) is 16.5 Å². The minimum absolute atomic E-state index is 0.391. The highest BCUT2D eigenvalue weighted by Crippen LogP contribution is 2.26. The van der Waals surface area contributed by atoms with Crippen LogP contribution < -0.4 is 10.1 Å². The fourth-order valence-corrected chi connectivity index (χ4v) is 1.19. The molecule has 1 amide bonds. The number of hydrogen-bond donors (Lipinski definition) is 1. The van der Waals surface area contributed by atoms with Crippen LogP contribution in [0.4, 0.5) is 5.69 Å². The highest BCUT2D eigenvalue weighted by Gasteiger charge is 2.13. The maximum Gasteiger partial charge on any atom is 0.241 e. The Balaban J connectivity index is 2.89. The van der Waals surface area contributed by atoms with E-state index in [4.69, 9.17) is 21.6 Å². The number of anilines is 1. The number of benzene rings is 1. The van der Waals surface area contributed by atoms with Gasteiger partial charge in [-0.1, -0.05) is 11.6 Å². The summed E-state index contributed by atoms with van der Waals surface area (Å²) in [5, 5.41) is 11.5. The molecule has 0 saturated carbocycles. The average Bonchev–Trinajstić information content (AvgIpc) is 2.30. The molecule has 0 radical (unpaired) electrons. The molecule has 0 bridgehead atoms. The van der Waals surface area contributed by atoms with Gasteiger partial charge in [0, 0.05) is 6.07 Å². The summed E-state index contributed by atoms with van der Waals surface area (Å²) in [6, 6.07) is 6.75. The third-order valence-corrected chi connectivity index (χ3v) is 2.35. The summed E-state index contributed by atoms with van der Waals surface area (Å²) in [6.45, 7) is 1.52. The van der Waals surface area contributed by atoms with Crippen LogP contribution in [-0.4, -0.2) is 13.0 Å². The van der Waals surface area contributed by atoms with Crippen molar-refractivity contribution in [1.82, 2.24) is 0 Å². The molecular weight excluding hydrogens is 228 g/mol. The predicted octanol–water partition coefficient (Wildman–Crippen LogP) is 2.45. The number of nitrogens with zero attached hydrogens (tertiary/aromatic N) is 1. The molecule has 0 heterocycles. The second-order valence-electron chi connectivity index (χ2n) is 3.19. The molecule has 0 aliphatic carbocycles. The van der Waals surface area contributed by atoms with Crippen LogP contribution in [0.15, 0.2) is 18.2 Å². The highest BCUT2D eigenvalue weighted by molar-refractivity contribution is 6.33. The fourth-order valence-electron chi connectivity index (χ4n) is 1.03. The molecule has 1 aromatic rings. The molecule has 16 heavy (non-hydrogen) atoms. The van der Waals surface area contributed by atoms with Crippen molar-refractivity contribution < 1.29 is 9.53 Å². The number of halogens is 1. The minimum Gasteiger partial charge on any atom is -0.497 e. The van der Waals surface area contributed by atoms with Gasteiger partial charge in [-0.25, -0.2) is 0 Å². The van der Waals surface area contributed by atoms with Crippen LogP contribution in [0.2, 0.25) is 5.02 Å². The lowest BCUT2D eigenvalue weighted by Crippen LogP contribution is -2.19. The molecule has 1 atom stereocenters. The standard InChI is InChI=1S/C11H11ClN2O2/c1-7(6-13)11(15)14-10-5-8(16-2)3-4-9(10)12/h3-5,7H,1-2H3,(H,14,15). The molecule has 84 valence electrons. The molecular formula is C11H11ClN2O2. The number of amides is 1. The number of nitriles is 1. The topological polar surface area (TPSA) is 62.1 Å². The van der Waals surface area contributed by atoms with Gasteiger partial charge in [0.1, 0.15) is 11.7 Å². The Bertz CT molecular complexity index is 440. The van der Waals surface area contributed by atoms with Crippen LogP contribution in [0, 0.1) is 17.2 Å². The van der Waals surface area contributed by atoms with Gasteiger partial charge in [-0.15, -0.1) is 0 Å². The fraction of sp³-hybridized carbons (Fsp3) is 0.273. The summed E-state index contributed by atoms with van der Waals surface area (Å²) in [7, 11) is 1.52. The molecule has 4 nitrogen and oxygen atoms in total. The van der Waals surface area contributed by atoms with Gasteiger partial charge < -0.3 is 10.1 Å². The first kappa shape index (κ1) is 12.3. The van der Waals surface area contributed by atoms with Gasteiger partial charge in [0.05, 0.1) is 23.9 Å². The summed E-state index contributed by atoms with van der Waals surface area (Å²) < 4.78 is 5.00. The zero-order chi connectivity index (χ0) is 12.1. The highest BCUT2D eigenvalue weighted by atomic mass is 35.5. The van der Waals surface area contributed by atoms with E-state index in [1.54, 1.807) is 18.2 Å². The van der Waals surface area contributed by atoms with Crippen molar-refractivity contribution in [2.45, 2.75) is 6.92 Å². The molecule has 1 unspecified atom stereocenters. The normalized spacial score (nSPS) is 11.4. The zero-order valence-corrected chi connectivity index (χ0v) is 9.71. The van der Waals surface area contributed by atoms with Crippen molar-refractivity contribution in [2.75, 3.05) is 12.4 Å². The van der Waals surface area contributed by atoms with E-state index in [9.17, 15) is 4.79 Å². The summed E-state index contributed by atoms with van der Waals surface area (Å²) in [4.78, 5) is 11.5. The van der Waals surface area contributed by atoms with Crippen LogP contribution in [0.1, 0.15) is 6.92 Å². The molecule has 0 aromatic heterocycles. The van der Waals surface area contributed by atoms with Crippen molar-refractivity contribution >= 4 is 23.2 Å². The largest absolute Gasteiger partial charge is 0.497 e. The van der Waals surface area contributed by atoms with E-state index in [-0.39, 0.29) is 0 Å². The van der Waals surface area contributed by atoms with Crippen molar-refractivity contribution in [3.05, 3.63) is 23.2 Å². The third-order valence-electron chi connectivity index (χ3n) is 2.02. The van der Waals surface area contributed by atoms with Gasteiger partial charge in [0.15, 0.2) is 0 Å². The number of ether oxygens (including phenoxy) is 1. The molecule has 0 saturated heterocycles. The second-order valence-corrected chi connectivity index (χ2v) is 3.59. The monoisotopic (exact) mass is 238 g/mol. The van der Waals surface area contributed by atoms with Crippen LogP contribution in [0.25, 0.3) is 0 Å². The molecule has 0 aliphatic heterocycles. The quantitative estimate of drug-likeness (QED) is 0.880. The molecule has 0 spiro atoms. The number of nitrogens with one attached hydrogen (secondary N) is 1.